The molecule has 0 aromatic heterocycles. The van der Waals surface area contributed by atoms with Crippen LogP contribution in [0.25, 0.3) is 0 Å². The Labute approximate surface area is 125 Å². The first-order valence-electron chi connectivity index (χ1n) is 6.09. The first kappa shape index (κ1) is 15.1. The lowest BCUT2D eigenvalue weighted by atomic mass is 10.0. The molecule has 0 aliphatic carbocycles. The van der Waals surface area contributed by atoms with Gasteiger partial charge in [-0.1, -0.05) is 17.7 Å². The molecule has 1 aliphatic rings. The second-order valence-corrected chi connectivity index (χ2v) is 4.82. The quantitative estimate of drug-likeness (QED) is 0.651. The molecule has 21 heavy (non-hydrogen) atoms. The van der Waals surface area contributed by atoms with Gasteiger partial charge in [0.2, 0.25) is 11.8 Å². The van der Waals surface area contributed by atoms with Crippen LogP contribution in [0.15, 0.2) is 28.4 Å². The molecule has 0 radical (unpaired) electrons. The molecule has 2 rings (SSSR count). The summed E-state index contributed by atoms with van der Waals surface area (Å²) in [5.41, 5.74) is 5.13. The van der Waals surface area contributed by atoms with E-state index in [0.29, 0.717) is 5.71 Å². The third-order valence-corrected chi connectivity index (χ3v) is 3.26. The van der Waals surface area contributed by atoms with E-state index in [0.717, 1.165) is 6.21 Å². The summed E-state index contributed by atoms with van der Waals surface area (Å²) in [5, 5.41) is 7.56. The number of rotatable bonds is 4. The van der Waals surface area contributed by atoms with Crippen LogP contribution in [0.3, 0.4) is 0 Å². The van der Waals surface area contributed by atoms with Crippen molar-refractivity contribution in [2.24, 2.45) is 16.1 Å². The Morgan fingerprint density at radius 3 is 3.00 bits per heavy atom. The Bertz CT molecular complexity index is 625. The van der Waals surface area contributed by atoms with Gasteiger partial charge < -0.3 is 0 Å². The Balaban J connectivity index is 1.94. The number of nitrogens with one attached hydrogen (secondary N) is 2. The Hall–Kier alpha value is -2.28. The fourth-order valence-electron chi connectivity index (χ4n) is 1.76. The van der Waals surface area contributed by atoms with Gasteiger partial charge in [0, 0.05) is 17.7 Å². The maximum Gasteiger partial charge on any atom is 0.249 e. The van der Waals surface area contributed by atoms with Gasteiger partial charge in [-0.25, -0.2) is 15.2 Å². The monoisotopic (exact) mass is 310 g/mol. The van der Waals surface area contributed by atoms with E-state index in [2.05, 4.69) is 21.1 Å². The maximum absolute atomic E-state index is 13.4. The van der Waals surface area contributed by atoms with Crippen LogP contribution >= 0.6 is 11.6 Å². The summed E-state index contributed by atoms with van der Waals surface area (Å²) in [4.78, 5) is 23.1. The molecule has 0 saturated heterocycles. The third-order valence-electron chi connectivity index (χ3n) is 2.94. The van der Waals surface area contributed by atoms with Gasteiger partial charge in [-0.2, -0.15) is 10.2 Å². The standard InChI is InChI=1S/C13H12ClFN4O2/c1-7-8(13(21)19-17-7)5-12(20)18-16-6-9-10(14)3-2-4-11(9)15/h2-4,6,8H,5H2,1H3,(H,18,20)(H,19,21). The Morgan fingerprint density at radius 2 is 2.38 bits per heavy atom. The molecule has 1 aromatic rings. The first-order chi connectivity index (χ1) is 9.99. The van der Waals surface area contributed by atoms with Gasteiger partial charge in [-0.3, -0.25) is 9.59 Å². The lowest BCUT2D eigenvalue weighted by molar-refractivity contribution is -0.127. The number of benzene rings is 1. The van der Waals surface area contributed by atoms with E-state index < -0.39 is 17.6 Å². The summed E-state index contributed by atoms with van der Waals surface area (Å²) in [6, 6.07) is 4.21. The second kappa shape index (κ2) is 6.45. The largest absolute Gasteiger partial charge is 0.273 e. The normalized spacial score (nSPS) is 17.8. The smallest absolute Gasteiger partial charge is 0.249 e. The highest BCUT2D eigenvalue weighted by Crippen LogP contribution is 2.16. The maximum atomic E-state index is 13.4. The summed E-state index contributed by atoms with van der Waals surface area (Å²) in [5.74, 6) is -1.95. The van der Waals surface area contributed by atoms with Crippen LogP contribution in [0.1, 0.15) is 18.9 Å². The molecule has 0 bridgehead atoms. The van der Waals surface area contributed by atoms with E-state index in [4.69, 9.17) is 11.6 Å². The van der Waals surface area contributed by atoms with E-state index in [1.807, 2.05) is 0 Å². The first-order valence-corrected chi connectivity index (χ1v) is 6.47. The molecular formula is C13H12ClFN4O2. The number of nitrogens with zero attached hydrogens (tertiary/aromatic N) is 2. The minimum atomic E-state index is -0.600. The number of amides is 2. The molecule has 0 saturated carbocycles. The second-order valence-electron chi connectivity index (χ2n) is 4.41. The molecule has 1 unspecified atom stereocenters. The van der Waals surface area contributed by atoms with E-state index in [9.17, 15) is 14.0 Å². The molecule has 6 nitrogen and oxygen atoms in total. The van der Waals surface area contributed by atoms with E-state index in [1.165, 1.54) is 18.2 Å². The van der Waals surface area contributed by atoms with Gasteiger partial charge in [-0.05, 0) is 19.1 Å². The van der Waals surface area contributed by atoms with Crippen molar-refractivity contribution < 1.29 is 14.0 Å². The van der Waals surface area contributed by atoms with Crippen LogP contribution in [0.2, 0.25) is 5.02 Å². The van der Waals surface area contributed by atoms with Gasteiger partial charge in [0.15, 0.2) is 0 Å². The Morgan fingerprint density at radius 1 is 1.62 bits per heavy atom. The molecular weight excluding hydrogens is 299 g/mol. The summed E-state index contributed by atoms with van der Waals surface area (Å²) in [6.45, 7) is 1.65. The SMILES string of the molecule is CC1=NNC(=O)C1CC(=O)NN=Cc1c(F)cccc1Cl. The van der Waals surface area contributed by atoms with Crippen molar-refractivity contribution in [1.82, 2.24) is 10.9 Å². The van der Waals surface area contributed by atoms with Crippen molar-refractivity contribution in [3.63, 3.8) is 0 Å². The van der Waals surface area contributed by atoms with Crippen molar-refractivity contribution in [1.29, 1.82) is 0 Å². The van der Waals surface area contributed by atoms with Gasteiger partial charge in [0.05, 0.1) is 17.2 Å². The predicted molar refractivity (Wildman–Crippen MR) is 76.5 cm³/mol. The molecule has 1 heterocycles. The van der Waals surface area contributed by atoms with Crippen LogP contribution in [0.5, 0.6) is 0 Å². The lowest BCUT2D eigenvalue weighted by Crippen LogP contribution is -2.29. The van der Waals surface area contributed by atoms with E-state index in [-0.39, 0.29) is 22.9 Å². The predicted octanol–water partition coefficient (Wildman–Crippen LogP) is 1.44. The van der Waals surface area contributed by atoms with Crippen molar-refractivity contribution in [2.75, 3.05) is 0 Å². The summed E-state index contributed by atoms with van der Waals surface area (Å²) in [7, 11) is 0. The van der Waals surface area contributed by atoms with Crippen LogP contribution in [0.4, 0.5) is 4.39 Å². The summed E-state index contributed by atoms with van der Waals surface area (Å²) < 4.78 is 13.4. The summed E-state index contributed by atoms with van der Waals surface area (Å²) in [6.07, 6.45) is 1.04. The van der Waals surface area contributed by atoms with Gasteiger partial charge in [0.25, 0.3) is 0 Å². The Kier molecular flexibility index (Phi) is 4.64. The molecule has 1 aliphatic heterocycles. The minimum Gasteiger partial charge on any atom is -0.273 e. The van der Waals surface area contributed by atoms with E-state index >= 15 is 0 Å². The average molecular weight is 311 g/mol. The highest BCUT2D eigenvalue weighted by Gasteiger charge is 2.28. The average Bonchev–Trinajstić information content (AvgIpc) is 2.74. The molecule has 1 atom stereocenters. The number of halogens is 2. The van der Waals surface area contributed by atoms with Gasteiger partial charge in [-0.15, -0.1) is 0 Å². The van der Waals surface area contributed by atoms with Crippen molar-refractivity contribution >= 4 is 35.3 Å². The zero-order valence-electron chi connectivity index (χ0n) is 11.1. The molecule has 1 aromatic carbocycles. The van der Waals surface area contributed by atoms with Crippen molar-refractivity contribution in [3.8, 4) is 0 Å². The molecule has 110 valence electrons. The van der Waals surface area contributed by atoms with E-state index in [1.54, 1.807) is 6.92 Å². The lowest BCUT2D eigenvalue weighted by Gasteiger charge is -2.05. The summed E-state index contributed by atoms with van der Waals surface area (Å²) >= 11 is 5.81. The van der Waals surface area contributed by atoms with Gasteiger partial charge in [0.1, 0.15) is 5.82 Å². The molecule has 0 fully saturated rings. The molecule has 2 amide bonds. The highest BCUT2D eigenvalue weighted by atomic mass is 35.5. The number of hydrogen-bond acceptors (Lipinski definition) is 4. The molecule has 2 N–H and O–H groups in total. The molecule has 0 spiro atoms. The van der Waals surface area contributed by atoms with Crippen LogP contribution in [-0.4, -0.2) is 23.7 Å². The number of carbonyl (C=O) groups excluding carboxylic acids is 2. The third kappa shape index (κ3) is 3.63. The van der Waals surface area contributed by atoms with Crippen molar-refractivity contribution in [3.05, 3.63) is 34.6 Å². The topological polar surface area (TPSA) is 82.9 Å². The highest BCUT2D eigenvalue weighted by molar-refractivity contribution is 6.33. The zero-order chi connectivity index (χ0) is 15.4. The fourth-order valence-corrected chi connectivity index (χ4v) is 1.97. The number of carbonyl (C=O) groups is 2. The van der Waals surface area contributed by atoms with Gasteiger partial charge >= 0.3 is 0 Å². The van der Waals surface area contributed by atoms with Crippen molar-refractivity contribution in [2.45, 2.75) is 13.3 Å². The van der Waals surface area contributed by atoms with Crippen LogP contribution in [0, 0.1) is 11.7 Å². The van der Waals surface area contributed by atoms with Crippen LogP contribution < -0.4 is 10.9 Å². The molecule has 8 heteroatoms. The minimum absolute atomic E-state index is 0.0795. The number of hydrogen-bond donors (Lipinski definition) is 2. The number of hydrazone groups is 2. The zero-order valence-corrected chi connectivity index (χ0v) is 11.8. The van der Waals surface area contributed by atoms with Crippen LogP contribution in [-0.2, 0) is 9.59 Å². The fraction of sp³-hybridized carbons (Fsp3) is 0.231.